The maximum atomic E-state index is 5.54. The number of nitrogens with two attached hydrogens (primary N) is 1. The first-order chi connectivity index (χ1) is 7.58. The van der Waals surface area contributed by atoms with Crippen molar-refractivity contribution in [3.05, 3.63) is 47.0 Å². The molecule has 0 radical (unpaired) electrons. The van der Waals surface area contributed by atoms with Gasteiger partial charge in [0.1, 0.15) is 0 Å². The van der Waals surface area contributed by atoms with Gasteiger partial charge in [0, 0.05) is 6.04 Å². The molecule has 2 heteroatoms. The molecule has 0 saturated heterocycles. The molecule has 1 aromatic rings. The molecule has 16 heavy (non-hydrogen) atoms. The molecule has 0 aliphatic heterocycles. The van der Waals surface area contributed by atoms with Gasteiger partial charge < -0.3 is 0 Å². The van der Waals surface area contributed by atoms with Crippen LogP contribution >= 0.6 is 0 Å². The summed E-state index contributed by atoms with van der Waals surface area (Å²) in [5.74, 6) is 5.54. The molecule has 1 atom stereocenters. The lowest BCUT2D eigenvalue weighted by Gasteiger charge is -2.18. The summed E-state index contributed by atoms with van der Waals surface area (Å²) in [5.41, 5.74) is 8.26. The van der Waals surface area contributed by atoms with Crippen molar-refractivity contribution in [3.63, 3.8) is 0 Å². The third-order valence-corrected chi connectivity index (χ3v) is 2.98. The minimum absolute atomic E-state index is 0.276. The Bertz CT molecular complexity index is 346. The van der Waals surface area contributed by atoms with E-state index in [0.29, 0.717) is 0 Å². The van der Waals surface area contributed by atoms with E-state index >= 15 is 0 Å². The molecular weight excluding hydrogens is 196 g/mol. The zero-order valence-electron chi connectivity index (χ0n) is 10.5. The molecule has 0 bridgehead atoms. The third-order valence-electron chi connectivity index (χ3n) is 2.98. The van der Waals surface area contributed by atoms with Gasteiger partial charge in [-0.2, -0.15) is 0 Å². The standard InChI is InChI=1S/C14H22N2/c1-5-6-13(16-15)9-14-11(3)7-10(2)8-12(14)4/h5,7-8,13,16H,1,6,9,15H2,2-4H3. The molecule has 88 valence electrons. The molecule has 0 spiro atoms. The highest BCUT2D eigenvalue weighted by atomic mass is 15.2. The Balaban J connectivity index is 2.91. The molecule has 0 amide bonds. The summed E-state index contributed by atoms with van der Waals surface area (Å²) in [7, 11) is 0. The van der Waals surface area contributed by atoms with Crippen LogP contribution in [0.1, 0.15) is 28.7 Å². The number of hydrazine groups is 1. The van der Waals surface area contributed by atoms with Gasteiger partial charge in [-0.1, -0.05) is 23.8 Å². The highest BCUT2D eigenvalue weighted by molar-refractivity contribution is 5.38. The Kier molecular flexibility index (Phi) is 4.71. The second-order valence-corrected chi connectivity index (χ2v) is 4.47. The van der Waals surface area contributed by atoms with E-state index in [-0.39, 0.29) is 6.04 Å². The first-order valence-electron chi connectivity index (χ1n) is 5.72. The van der Waals surface area contributed by atoms with Gasteiger partial charge >= 0.3 is 0 Å². The molecule has 1 aromatic carbocycles. The predicted octanol–water partition coefficient (Wildman–Crippen LogP) is 2.56. The van der Waals surface area contributed by atoms with Crippen LogP contribution < -0.4 is 11.3 Å². The SMILES string of the molecule is C=CCC(Cc1c(C)cc(C)cc1C)NN. The lowest BCUT2D eigenvalue weighted by atomic mass is 9.93. The normalized spacial score (nSPS) is 12.5. The molecule has 3 N–H and O–H groups in total. The fraction of sp³-hybridized carbons (Fsp3) is 0.429. The Morgan fingerprint density at radius 2 is 1.88 bits per heavy atom. The molecule has 0 saturated carbocycles. The zero-order chi connectivity index (χ0) is 12.1. The van der Waals surface area contributed by atoms with E-state index in [1.165, 1.54) is 22.3 Å². The van der Waals surface area contributed by atoms with Crippen LogP contribution in [-0.2, 0) is 6.42 Å². The first-order valence-corrected chi connectivity index (χ1v) is 5.72. The number of hydrogen-bond donors (Lipinski definition) is 2. The van der Waals surface area contributed by atoms with Gasteiger partial charge in [-0.15, -0.1) is 6.58 Å². The average Bonchev–Trinajstić information content (AvgIpc) is 2.21. The molecule has 2 nitrogen and oxygen atoms in total. The van der Waals surface area contributed by atoms with Gasteiger partial charge in [-0.25, -0.2) is 0 Å². The van der Waals surface area contributed by atoms with Crippen LogP contribution in [0.5, 0.6) is 0 Å². The van der Waals surface area contributed by atoms with Gasteiger partial charge in [-0.05, 0) is 50.3 Å². The Morgan fingerprint density at radius 1 is 1.31 bits per heavy atom. The van der Waals surface area contributed by atoms with Crippen LogP contribution in [0.15, 0.2) is 24.8 Å². The lowest BCUT2D eigenvalue weighted by molar-refractivity contribution is 0.529. The van der Waals surface area contributed by atoms with Crippen LogP contribution in [0.3, 0.4) is 0 Å². The van der Waals surface area contributed by atoms with E-state index < -0.39 is 0 Å². The summed E-state index contributed by atoms with van der Waals surface area (Å²) in [6, 6.07) is 4.73. The minimum Gasteiger partial charge on any atom is -0.271 e. The summed E-state index contributed by atoms with van der Waals surface area (Å²) in [6.45, 7) is 10.2. The van der Waals surface area contributed by atoms with Crippen molar-refractivity contribution in [2.45, 2.75) is 39.7 Å². The Morgan fingerprint density at radius 3 is 2.31 bits per heavy atom. The van der Waals surface area contributed by atoms with Crippen molar-refractivity contribution < 1.29 is 0 Å². The van der Waals surface area contributed by atoms with E-state index in [1.54, 1.807) is 0 Å². The summed E-state index contributed by atoms with van der Waals surface area (Å²) < 4.78 is 0. The van der Waals surface area contributed by atoms with Crippen LogP contribution in [-0.4, -0.2) is 6.04 Å². The van der Waals surface area contributed by atoms with Crippen molar-refractivity contribution in [2.24, 2.45) is 5.84 Å². The number of benzene rings is 1. The molecule has 0 aliphatic carbocycles. The van der Waals surface area contributed by atoms with Crippen molar-refractivity contribution in [1.29, 1.82) is 0 Å². The second-order valence-electron chi connectivity index (χ2n) is 4.47. The molecule has 0 aromatic heterocycles. The van der Waals surface area contributed by atoms with Gasteiger partial charge in [0.2, 0.25) is 0 Å². The van der Waals surface area contributed by atoms with Crippen molar-refractivity contribution >= 4 is 0 Å². The molecule has 1 rings (SSSR count). The molecule has 1 unspecified atom stereocenters. The third kappa shape index (κ3) is 3.19. The second kappa shape index (κ2) is 5.83. The topological polar surface area (TPSA) is 38.0 Å². The first kappa shape index (κ1) is 12.9. The van der Waals surface area contributed by atoms with Crippen LogP contribution in [0.25, 0.3) is 0 Å². The van der Waals surface area contributed by atoms with E-state index in [1.807, 2.05) is 6.08 Å². The van der Waals surface area contributed by atoms with Crippen LogP contribution in [0.4, 0.5) is 0 Å². The highest BCUT2D eigenvalue weighted by Crippen LogP contribution is 2.18. The van der Waals surface area contributed by atoms with E-state index in [4.69, 9.17) is 5.84 Å². The Hall–Kier alpha value is -1.12. The molecule has 0 heterocycles. The fourth-order valence-electron chi connectivity index (χ4n) is 2.19. The van der Waals surface area contributed by atoms with Crippen molar-refractivity contribution in [3.8, 4) is 0 Å². The summed E-state index contributed by atoms with van der Waals surface area (Å²) >= 11 is 0. The smallest absolute Gasteiger partial charge is 0.0285 e. The predicted molar refractivity (Wildman–Crippen MR) is 70.3 cm³/mol. The quantitative estimate of drug-likeness (QED) is 0.453. The van der Waals surface area contributed by atoms with Gasteiger partial charge in [0.15, 0.2) is 0 Å². The Labute approximate surface area is 98.5 Å². The summed E-state index contributed by atoms with van der Waals surface area (Å²) in [4.78, 5) is 0. The lowest BCUT2D eigenvalue weighted by Crippen LogP contribution is -2.36. The molecule has 0 fully saturated rings. The van der Waals surface area contributed by atoms with Crippen molar-refractivity contribution in [1.82, 2.24) is 5.43 Å². The molecule has 0 aliphatic rings. The fourth-order valence-corrected chi connectivity index (χ4v) is 2.19. The van der Waals surface area contributed by atoms with E-state index in [0.717, 1.165) is 12.8 Å². The maximum absolute atomic E-state index is 5.54. The summed E-state index contributed by atoms with van der Waals surface area (Å²) in [6.07, 6.45) is 3.76. The number of hydrogen-bond acceptors (Lipinski definition) is 2. The summed E-state index contributed by atoms with van der Waals surface area (Å²) in [5, 5.41) is 0. The van der Waals surface area contributed by atoms with Gasteiger partial charge in [0.05, 0.1) is 0 Å². The monoisotopic (exact) mass is 218 g/mol. The largest absolute Gasteiger partial charge is 0.271 e. The average molecular weight is 218 g/mol. The highest BCUT2D eigenvalue weighted by Gasteiger charge is 2.10. The van der Waals surface area contributed by atoms with Crippen molar-refractivity contribution in [2.75, 3.05) is 0 Å². The van der Waals surface area contributed by atoms with E-state index in [2.05, 4.69) is 44.9 Å². The number of aryl methyl sites for hydroxylation is 3. The maximum Gasteiger partial charge on any atom is 0.0285 e. The van der Waals surface area contributed by atoms with Gasteiger partial charge in [-0.3, -0.25) is 11.3 Å². The van der Waals surface area contributed by atoms with E-state index in [9.17, 15) is 0 Å². The van der Waals surface area contributed by atoms with Crippen LogP contribution in [0, 0.1) is 20.8 Å². The number of rotatable bonds is 5. The number of nitrogens with one attached hydrogen (secondary N) is 1. The minimum atomic E-state index is 0.276. The van der Waals surface area contributed by atoms with Crippen LogP contribution in [0.2, 0.25) is 0 Å². The molecular formula is C14H22N2. The zero-order valence-corrected chi connectivity index (χ0v) is 10.5. The van der Waals surface area contributed by atoms with Gasteiger partial charge in [0.25, 0.3) is 0 Å².